The molecule has 7 nitrogen and oxygen atoms in total. The molecule has 4 rings (SSSR count). The molecule has 0 saturated carbocycles. The fourth-order valence-electron chi connectivity index (χ4n) is 5.35. The van der Waals surface area contributed by atoms with E-state index in [1.807, 2.05) is 38.1 Å². The molecule has 0 spiro atoms. The maximum absolute atomic E-state index is 13.1. The van der Waals surface area contributed by atoms with Crippen molar-refractivity contribution in [3.05, 3.63) is 59.7 Å². The average molecular weight is 479 g/mol. The number of nitrogens with zero attached hydrogens (tertiary/aromatic N) is 1. The van der Waals surface area contributed by atoms with E-state index >= 15 is 0 Å². The van der Waals surface area contributed by atoms with Crippen molar-refractivity contribution >= 4 is 18.0 Å². The smallest absolute Gasteiger partial charge is 0.407 e. The average Bonchev–Trinajstić information content (AvgIpc) is 3.14. The Kier molecular flexibility index (Phi) is 7.43. The van der Waals surface area contributed by atoms with Gasteiger partial charge in [0.2, 0.25) is 5.91 Å². The van der Waals surface area contributed by atoms with Gasteiger partial charge in [0, 0.05) is 36.9 Å². The molecular weight excluding hydrogens is 444 g/mol. The van der Waals surface area contributed by atoms with Crippen LogP contribution >= 0.6 is 0 Å². The van der Waals surface area contributed by atoms with E-state index < -0.39 is 17.6 Å². The Morgan fingerprint density at radius 3 is 2.29 bits per heavy atom. The Labute approximate surface area is 206 Å². The van der Waals surface area contributed by atoms with Crippen molar-refractivity contribution in [3.63, 3.8) is 0 Å². The predicted octanol–water partition coefficient (Wildman–Crippen LogP) is 4.94. The Morgan fingerprint density at radius 2 is 1.66 bits per heavy atom. The van der Waals surface area contributed by atoms with Crippen LogP contribution in [0.2, 0.25) is 0 Å². The van der Waals surface area contributed by atoms with E-state index in [-0.39, 0.29) is 37.3 Å². The monoisotopic (exact) mass is 478 g/mol. The minimum atomic E-state index is -0.847. The third kappa shape index (κ3) is 5.84. The number of fused-ring (bicyclic) bond motifs is 3. The minimum Gasteiger partial charge on any atom is -0.481 e. The number of benzene rings is 2. The van der Waals surface area contributed by atoms with Gasteiger partial charge < -0.3 is 20.1 Å². The van der Waals surface area contributed by atoms with Crippen LogP contribution < -0.4 is 5.32 Å². The van der Waals surface area contributed by atoms with Crippen LogP contribution in [0.4, 0.5) is 4.79 Å². The number of carbonyl (C=O) groups is 3. The lowest BCUT2D eigenvalue weighted by Crippen LogP contribution is -2.51. The Balaban J connectivity index is 1.34. The van der Waals surface area contributed by atoms with E-state index in [4.69, 9.17) is 9.84 Å². The maximum atomic E-state index is 13.1. The third-order valence-electron chi connectivity index (χ3n) is 7.02. The molecule has 2 aromatic carbocycles. The summed E-state index contributed by atoms with van der Waals surface area (Å²) < 4.78 is 5.65. The number of carboxylic acid groups (broad SMARTS) is 1. The SMILES string of the molecule is CC(C)(CC(=O)N1CCCCC1CCC(=O)O)NC(=O)OCC1c2ccccc2-c2ccccc21. The number of hydrogen-bond acceptors (Lipinski definition) is 4. The van der Waals surface area contributed by atoms with E-state index in [0.717, 1.165) is 30.4 Å². The maximum Gasteiger partial charge on any atom is 0.407 e. The molecule has 1 atom stereocenters. The van der Waals surface area contributed by atoms with Crippen LogP contribution in [0.5, 0.6) is 0 Å². The number of nitrogens with one attached hydrogen (secondary N) is 1. The second-order valence-electron chi connectivity index (χ2n) is 10.2. The van der Waals surface area contributed by atoms with Crippen LogP contribution in [0.25, 0.3) is 11.1 Å². The molecule has 0 bridgehead atoms. The van der Waals surface area contributed by atoms with Gasteiger partial charge in [-0.1, -0.05) is 48.5 Å². The molecule has 2 amide bonds. The lowest BCUT2D eigenvalue weighted by Gasteiger charge is -2.38. The largest absolute Gasteiger partial charge is 0.481 e. The molecule has 0 aromatic heterocycles. The van der Waals surface area contributed by atoms with Crippen molar-refractivity contribution in [2.24, 2.45) is 0 Å². The summed E-state index contributed by atoms with van der Waals surface area (Å²) in [4.78, 5) is 38.6. The standard InChI is InChI=1S/C28H34N2O5/c1-28(2,17-25(31)30-16-8-7-9-19(30)14-15-26(32)33)29-27(34)35-18-24-22-12-5-3-10-20(22)21-11-4-6-13-23(21)24/h3-6,10-13,19,24H,7-9,14-18H2,1-2H3,(H,29,34)(H,32,33). The van der Waals surface area contributed by atoms with Crippen molar-refractivity contribution in [1.29, 1.82) is 0 Å². The van der Waals surface area contributed by atoms with Gasteiger partial charge in [0.25, 0.3) is 0 Å². The van der Waals surface area contributed by atoms with Crippen LogP contribution in [-0.2, 0) is 14.3 Å². The first kappa shape index (κ1) is 24.8. The number of alkyl carbamates (subject to hydrolysis) is 1. The van der Waals surface area contributed by atoms with Crippen LogP contribution in [-0.4, -0.2) is 52.7 Å². The molecule has 186 valence electrons. The molecule has 1 unspecified atom stereocenters. The molecular formula is C28H34N2O5. The normalized spacial score (nSPS) is 17.4. The molecule has 1 aliphatic carbocycles. The Hall–Kier alpha value is -3.35. The summed E-state index contributed by atoms with van der Waals surface area (Å²) in [5.74, 6) is -0.939. The van der Waals surface area contributed by atoms with Crippen LogP contribution in [0.15, 0.2) is 48.5 Å². The van der Waals surface area contributed by atoms with E-state index in [2.05, 4.69) is 29.6 Å². The van der Waals surface area contributed by atoms with Gasteiger partial charge in [-0.3, -0.25) is 9.59 Å². The lowest BCUT2D eigenvalue weighted by molar-refractivity contribution is -0.140. The third-order valence-corrected chi connectivity index (χ3v) is 7.02. The van der Waals surface area contributed by atoms with E-state index in [1.165, 1.54) is 11.1 Å². The Bertz CT molecular complexity index is 1050. The highest BCUT2D eigenvalue weighted by atomic mass is 16.5. The van der Waals surface area contributed by atoms with E-state index in [9.17, 15) is 14.4 Å². The molecule has 1 heterocycles. The quantitative estimate of drug-likeness (QED) is 0.560. The first-order chi connectivity index (χ1) is 16.7. The van der Waals surface area contributed by atoms with Crippen LogP contribution in [0, 0.1) is 0 Å². The van der Waals surface area contributed by atoms with Crippen molar-refractivity contribution in [2.75, 3.05) is 13.2 Å². The fraction of sp³-hybridized carbons (Fsp3) is 0.464. The second-order valence-corrected chi connectivity index (χ2v) is 10.2. The number of hydrogen-bond donors (Lipinski definition) is 2. The minimum absolute atomic E-state index is 0.0266. The number of rotatable bonds is 8. The summed E-state index contributed by atoms with van der Waals surface area (Å²) >= 11 is 0. The summed E-state index contributed by atoms with van der Waals surface area (Å²) in [5, 5.41) is 11.9. The van der Waals surface area contributed by atoms with Gasteiger partial charge in [-0.2, -0.15) is 0 Å². The summed E-state index contributed by atoms with van der Waals surface area (Å²) in [7, 11) is 0. The summed E-state index contributed by atoms with van der Waals surface area (Å²) in [6.07, 6.45) is 2.81. The topological polar surface area (TPSA) is 95.9 Å². The van der Waals surface area contributed by atoms with Crippen molar-refractivity contribution in [2.45, 2.75) is 69.9 Å². The number of ether oxygens (including phenoxy) is 1. The number of carbonyl (C=O) groups excluding carboxylic acids is 2. The second kappa shape index (κ2) is 10.5. The van der Waals surface area contributed by atoms with Crippen LogP contribution in [0.3, 0.4) is 0 Å². The molecule has 0 radical (unpaired) electrons. The van der Waals surface area contributed by atoms with Gasteiger partial charge >= 0.3 is 12.1 Å². The van der Waals surface area contributed by atoms with E-state index in [1.54, 1.807) is 4.90 Å². The number of aliphatic carboxylic acids is 1. The molecule has 7 heteroatoms. The summed E-state index contributed by atoms with van der Waals surface area (Å²) in [6.45, 7) is 4.46. The summed E-state index contributed by atoms with van der Waals surface area (Å²) in [6, 6.07) is 16.3. The zero-order valence-corrected chi connectivity index (χ0v) is 20.5. The van der Waals surface area contributed by atoms with Gasteiger partial charge in [-0.15, -0.1) is 0 Å². The highest BCUT2D eigenvalue weighted by Crippen LogP contribution is 2.44. The zero-order valence-electron chi connectivity index (χ0n) is 20.5. The fourth-order valence-corrected chi connectivity index (χ4v) is 5.35. The van der Waals surface area contributed by atoms with Gasteiger partial charge in [0.1, 0.15) is 6.61 Å². The molecule has 2 aromatic rings. The first-order valence-corrected chi connectivity index (χ1v) is 12.4. The zero-order chi connectivity index (χ0) is 25.0. The number of amides is 2. The number of piperidine rings is 1. The van der Waals surface area contributed by atoms with Gasteiger partial charge in [0.05, 0.1) is 0 Å². The van der Waals surface area contributed by atoms with Gasteiger partial charge in [0.15, 0.2) is 0 Å². The Morgan fingerprint density at radius 1 is 1.03 bits per heavy atom. The molecule has 1 fully saturated rings. The molecule has 1 saturated heterocycles. The number of carboxylic acids is 1. The predicted molar refractivity (Wildman–Crippen MR) is 133 cm³/mol. The lowest BCUT2D eigenvalue weighted by atomic mass is 9.94. The molecule has 1 aliphatic heterocycles. The highest BCUT2D eigenvalue weighted by Gasteiger charge is 2.33. The first-order valence-electron chi connectivity index (χ1n) is 12.4. The van der Waals surface area contributed by atoms with E-state index in [0.29, 0.717) is 13.0 Å². The molecule has 2 N–H and O–H groups in total. The van der Waals surface area contributed by atoms with Crippen LogP contribution in [0.1, 0.15) is 69.4 Å². The molecule has 2 aliphatic rings. The highest BCUT2D eigenvalue weighted by molar-refractivity contribution is 5.80. The van der Waals surface area contributed by atoms with Crippen molar-refractivity contribution in [1.82, 2.24) is 10.2 Å². The van der Waals surface area contributed by atoms with Gasteiger partial charge in [-0.25, -0.2) is 4.79 Å². The van der Waals surface area contributed by atoms with Gasteiger partial charge in [-0.05, 0) is 61.8 Å². The van der Waals surface area contributed by atoms with Crippen molar-refractivity contribution in [3.8, 4) is 11.1 Å². The van der Waals surface area contributed by atoms with Crippen molar-refractivity contribution < 1.29 is 24.2 Å². The number of likely N-dealkylation sites (tertiary alicyclic amines) is 1. The summed E-state index contributed by atoms with van der Waals surface area (Å²) in [5.41, 5.74) is 3.83. The molecule has 35 heavy (non-hydrogen) atoms.